The van der Waals surface area contributed by atoms with Crippen LogP contribution in [0.3, 0.4) is 0 Å². The van der Waals surface area contributed by atoms with Gasteiger partial charge >= 0.3 is 17.1 Å². The molecular weight excluding hydrogens is 502 g/mol. The van der Waals surface area contributed by atoms with Gasteiger partial charge in [0.15, 0.2) is 0 Å². The summed E-state index contributed by atoms with van der Waals surface area (Å²) < 4.78 is 0. The Labute approximate surface area is 237 Å². The van der Waals surface area contributed by atoms with Gasteiger partial charge in [-0.2, -0.15) is 0 Å². The predicted molar refractivity (Wildman–Crippen MR) is 164 cm³/mol. The summed E-state index contributed by atoms with van der Waals surface area (Å²) in [7, 11) is 0.696. The zero-order valence-corrected chi connectivity index (χ0v) is 28.4. The Bertz CT molecular complexity index is 454. The molecule has 2 saturated carbocycles. The maximum atomic E-state index is 2.47. The summed E-state index contributed by atoms with van der Waals surface area (Å²) in [6.45, 7) is 19.8. The third-order valence-electron chi connectivity index (χ3n) is 9.62. The topological polar surface area (TPSA) is 0 Å². The van der Waals surface area contributed by atoms with E-state index in [-0.39, 0.29) is 31.9 Å². The monoisotopic (exact) mass is 566 g/mol. The molecule has 210 valence electrons. The second-order valence-electron chi connectivity index (χ2n) is 13.2. The van der Waals surface area contributed by atoms with E-state index in [9.17, 15) is 0 Å². The van der Waals surface area contributed by atoms with E-state index >= 15 is 0 Å². The maximum Gasteiger partial charge on any atom is 2.00 e. The number of rotatable bonds is 6. The van der Waals surface area contributed by atoms with Gasteiger partial charge in [-0.1, -0.05) is 96.9 Å². The quantitative estimate of drug-likeness (QED) is 0.170. The Morgan fingerprint density at radius 2 is 0.600 bits per heavy atom. The summed E-state index contributed by atoms with van der Waals surface area (Å²) in [5, 5.41) is 0. The second kappa shape index (κ2) is 17.1. The van der Waals surface area contributed by atoms with Crippen LogP contribution < -0.4 is 0 Å². The molecule has 4 aliphatic rings. The van der Waals surface area contributed by atoms with Crippen molar-refractivity contribution in [2.75, 3.05) is 0 Å². The molecule has 3 heteroatoms. The van der Waals surface area contributed by atoms with E-state index in [1.807, 2.05) is 0 Å². The van der Waals surface area contributed by atoms with Crippen molar-refractivity contribution in [3.05, 3.63) is 14.9 Å². The molecule has 2 aliphatic heterocycles. The van der Waals surface area contributed by atoms with Crippen molar-refractivity contribution >= 4 is 15.8 Å². The van der Waals surface area contributed by atoms with E-state index in [0.717, 1.165) is 57.6 Å². The molecule has 0 unspecified atom stereocenters. The van der Waals surface area contributed by atoms with Gasteiger partial charge in [0.05, 0.1) is 0 Å². The molecule has 0 spiro atoms. The molecule has 0 aromatic carbocycles. The molecule has 4 fully saturated rings. The first-order chi connectivity index (χ1) is 15.2. The van der Waals surface area contributed by atoms with Gasteiger partial charge in [-0.05, 0) is 109 Å². The van der Waals surface area contributed by atoms with Crippen LogP contribution in [0.15, 0.2) is 0 Å². The van der Waals surface area contributed by atoms with Gasteiger partial charge in [-0.15, -0.1) is 0 Å². The summed E-state index contributed by atoms with van der Waals surface area (Å²) in [4.78, 5) is 0. The van der Waals surface area contributed by atoms with Crippen LogP contribution in [0.25, 0.3) is 0 Å². The molecule has 0 aromatic heterocycles. The average molecular weight is 567 g/mol. The second-order valence-corrected chi connectivity index (χ2v) is 19.1. The van der Waals surface area contributed by atoms with Crippen LogP contribution in [0.4, 0.5) is 0 Å². The number of hydrogen-bond acceptors (Lipinski definition) is 0. The maximum absolute atomic E-state index is 2.47. The fourth-order valence-electron chi connectivity index (χ4n) is 7.97. The third-order valence-corrected chi connectivity index (χ3v) is 18.8. The van der Waals surface area contributed by atoms with Gasteiger partial charge in [0.25, 0.3) is 0 Å². The molecule has 2 saturated heterocycles. The molecule has 35 heavy (non-hydrogen) atoms. The van der Waals surface area contributed by atoms with Gasteiger partial charge < -0.3 is 14.9 Å². The van der Waals surface area contributed by atoms with E-state index in [0.29, 0.717) is 15.8 Å². The molecule has 0 radical (unpaired) electrons. The number of hydrogen-bond donors (Lipinski definition) is 0. The van der Waals surface area contributed by atoms with Gasteiger partial charge in [0.2, 0.25) is 0 Å². The summed E-state index contributed by atoms with van der Waals surface area (Å²) in [6, 6.07) is 0. The first-order valence-corrected chi connectivity index (χ1v) is 17.9. The van der Waals surface area contributed by atoms with Crippen LogP contribution in [0, 0.1) is 38.5 Å². The van der Waals surface area contributed by atoms with E-state index in [1.54, 1.807) is 51.4 Å². The summed E-state index contributed by atoms with van der Waals surface area (Å²) >= 11 is 0. The zero-order valence-electron chi connectivity index (χ0n) is 25.5. The molecule has 0 amide bonds. The van der Waals surface area contributed by atoms with Crippen molar-refractivity contribution in [3.63, 3.8) is 0 Å². The molecule has 0 nitrogen and oxygen atoms in total. The van der Waals surface area contributed by atoms with Crippen molar-refractivity contribution < 1.29 is 17.1 Å². The van der Waals surface area contributed by atoms with Crippen molar-refractivity contribution in [3.8, 4) is 0 Å². The first-order valence-electron chi connectivity index (χ1n) is 14.8. The average Bonchev–Trinajstić information content (AvgIpc) is 3.54. The minimum atomic E-state index is 0. The molecule has 2 aliphatic carbocycles. The zero-order chi connectivity index (χ0) is 23.4. The Morgan fingerprint density at radius 3 is 0.771 bits per heavy atom. The van der Waals surface area contributed by atoms with Crippen molar-refractivity contribution in [1.82, 2.24) is 0 Å². The Morgan fingerprint density at radius 1 is 0.400 bits per heavy atom. The summed E-state index contributed by atoms with van der Waals surface area (Å²) in [6.07, 6.45) is 18.6. The molecule has 0 aromatic rings. The summed E-state index contributed by atoms with van der Waals surface area (Å²) in [5.74, 6) is 3.76. The van der Waals surface area contributed by atoms with Gasteiger partial charge in [0, 0.05) is 0 Å². The van der Waals surface area contributed by atoms with Crippen LogP contribution in [-0.2, 0) is 17.1 Å². The molecule has 0 N–H and O–H groups in total. The van der Waals surface area contributed by atoms with Crippen molar-refractivity contribution in [1.29, 1.82) is 0 Å². The Kier molecular flexibility index (Phi) is 17.8. The first kappa shape index (κ1) is 36.4. The van der Waals surface area contributed by atoms with E-state index in [2.05, 4.69) is 55.4 Å². The molecule has 4 rings (SSSR count). The van der Waals surface area contributed by atoms with Gasteiger partial charge in [0.1, 0.15) is 0 Å². The minimum absolute atomic E-state index is 0. The Hall–Kier alpha value is 1.38. The normalized spacial score (nSPS) is 30.5. The van der Waals surface area contributed by atoms with Gasteiger partial charge in [-0.3, -0.25) is 0 Å². The fraction of sp³-hybridized carbons (Fsp3) is 0.938. The van der Waals surface area contributed by atoms with Crippen LogP contribution in [0.5, 0.6) is 0 Å². The molecule has 4 atom stereocenters. The fourth-order valence-corrected chi connectivity index (χ4v) is 17.6. The predicted octanol–water partition coefficient (Wildman–Crippen LogP) is 11.4. The SMILES string of the molecule is CC(C)[C@@H]1CC[C@@H](C(C)C)P1C1CCCC1.CC(C)[C@@H]1CC[C@@H](C(C)C)P1C1CCCC1.[CH3-].[CH3-].[Fe+2]. The standard InChI is InChI=1S/2C15H29P.2CH3.Fe/c2*1-11(2)14-9-10-15(12(3)4)16(14)13-7-5-6-8-13;;;/h2*11-15H,5-10H2,1-4H3;2*1H3;/q;;2*-1;+2/t2*14-,15-;;;/m00.../s1. The largest absolute Gasteiger partial charge is 2.00 e. The van der Waals surface area contributed by atoms with E-state index in [4.69, 9.17) is 0 Å². The molecule has 2 heterocycles. The minimum Gasteiger partial charge on any atom is -0.358 e. The van der Waals surface area contributed by atoms with Crippen LogP contribution in [0.2, 0.25) is 0 Å². The van der Waals surface area contributed by atoms with Crippen molar-refractivity contribution in [2.24, 2.45) is 23.7 Å². The van der Waals surface area contributed by atoms with Crippen LogP contribution in [-0.4, -0.2) is 34.0 Å². The van der Waals surface area contributed by atoms with Gasteiger partial charge in [-0.25, -0.2) is 0 Å². The Balaban J connectivity index is 0.000000608. The van der Waals surface area contributed by atoms with Crippen LogP contribution >= 0.6 is 15.8 Å². The summed E-state index contributed by atoms with van der Waals surface area (Å²) in [5.41, 5.74) is 6.71. The van der Waals surface area contributed by atoms with Crippen molar-refractivity contribution in [2.45, 2.75) is 166 Å². The third kappa shape index (κ3) is 9.22. The van der Waals surface area contributed by atoms with E-state index < -0.39 is 0 Å². The van der Waals surface area contributed by atoms with Crippen LogP contribution in [0.1, 0.15) is 132 Å². The van der Waals surface area contributed by atoms with E-state index in [1.165, 1.54) is 25.7 Å². The molecule has 0 bridgehead atoms. The smallest absolute Gasteiger partial charge is 0.358 e. The molecular formula is C32H64FeP2.